The predicted molar refractivity (Wildman–Crippen MR) is 37.3 cm³/mol. The zero-order valence-corrected chi connectivity index (χ0v) is 5.76. The molecular weight excluding hydrogens is 128 g/mol. The number of hydrogen-bond donors (Lipinski definition) is 0. The lowest BCUT2D eigenvalue weighted by molar-refractivity contribution is 0.173. The van der Waals surface area contributed by atoms with E-state index >= 15 is 0 Å². The molecule has 0 N–H and O–H groups in total. The Hall–Kier alpha value is -1.18. The van der Waals surface area contributed by atoms with E-state index in [0.717, 1.165) is 17.1 Å². The zero-order valence-electron chi connectivity index (χ0n) is 5.76. The van der Waals surface area contributed by atoms with Gasteiger partial charge in [-0.2, -0.15) is 0 Å². The Morgan fingerprint density at radius 2 is 2.20 bits per heavy atom. The van der Waals surface area contributed by atoms with E-state index in [9.17, 15) is 0 Å². The minimum Gasteiger partial charge on any atom is -0.454 e. The molecule has 52 valence electrons. The molecule has 0 fully saturated rings. The molecule has 2 heteroatoms. The zero-order chi connectivity index (χ0) is 6.97. The quantitative estimate of drug-likeness (QED) is 0.540. The average Bonchev–Trinajstić information content (AvgIpc) is 2.36. The lowest BCUT2D eigenvalue weighted by Crippen LogP contribution is -1.93. The Labute approximate surface area is 59.4 Å². The van der Waals surface area contributed by atoms with Gasteiger partial charge < -0.3 is 9.47 Å². The van der Waals surface area contributed by atoms with Crippen molar-refractivity contribution in [3.05, 3.63) is 23.8 Å². The van der Waals surface area contributed by atoms with Crippen molar-refractivity contribution in [3.8, 4) is 11.5 Å². The molecule has 2 rings (SSSR count). The minimum absolute atomic E-state index is 0.361. The van der Waals surface area contributed by atoms with Crippen molar-refractivity contribution in [1.29, 1.82) is 0 Å². The highest BCUT2D eigenvalue weighted by Crippen LogP contribution is 2.34. The summed E-state index contributed by atoms with van der Waals surface area (Å²) >= 11 is 0. The van der Waals surface area contributed by atoms with Crippen molar-refractivity contribution in [2.45, 2.75) is 6.92 Å². The van der Waals surface area contributed by atoms with Crippen LogP contribution in [0.5, 0.6) is 11.5 Å². The Morgan fingerprint density at radius 1 is 1.30 bits per heavy atom. The van der Waals surface area contributed by atoms with E-state index in [-0.39, 0.29) is 0 Å². The molecule has 0 atom stereocenters. The second-order valence-electron chi connectivity index (χ2n) is 2.31. The van der Waals surface area contributed by atoms with Crippen LogP contribution in [0.4, 0.5) is 0 Å². The van der Waals surface area contributed by atoms with Crippen LogP contribution in [0.25, 0.3) is 0 Å². The fraction of sp³-hybridized carbons (Fsp3) is 0.250. The average molecular weight is 136 g/mol. The molecule has 0 spiro atoms. The Bertz CT molecular complexity index is 255. The molecule has 0 aliphatic carbocycles. The fourth-order valence-corrected chi connectivity index (χ4v) is 1.08. The molecule has 1 aliphatic heterocycles. The maximum absolute atomic E-state index is 5.21. The fourth-order valence-electron chi connectivity index (χ4n) is 1.08. The highest BCUT2D eigenvalue weighted by Gasteiger charge is 2.13. The molecular formula is C8H8O2. The van der Waals surface area contributed by atoms with Crippen molar-refractivity contribution < 1.29 is 9.47 Å². The molecule has 0 saturated heterocycles. The van der Waals surface area contributed by atoms with E-state index in [1.807, 2.05) is 25.1 Å². The summed E-state index contributed by atoms with van der Waals surface area (Å²) in [5, 5.41) is 0. The van der Waals surface area contributed by atoms with Crippen molar-refractivity contribution in [2.24, 2.45) is 0 Å². The molecule has 1 heterocycles. The van der Waals surface area contributed by atoms with Crippen LogP contribution < -0.4 is 9.47 Å². The number of ether oxygens (including phenoxy) is 2. The molecule has 0 aromatic heterocycles. The first-order valence-corrected chi connectivity index (χ1v) is 3.23. The van der Waals surface area contributed by atoms with E-state index in [2.05, 4.69) is 0 Å². The van der Waals surface area contributed by atoms with Crippen LogP contribution >= 0.6 is 0 Å². The third-order valence-electron chi connectivity index (χ3n) is 1.59. The minimum atomic E-state index is 0.361. The number of hydrogen-bond acceptors (Lipinski definition) is 2. The van der Waals surface area contributed by atoms with Gasteiger partial charge in [0.25, 0.3) is 0 Å². The van der Waals surface area contributed by atoms with Gasteiger partial charge in [0.05, 0.1) is 0 Å². The molecule has 10 heavy (non-hydrogen) atoms. The first-order valence-electron chi connectivity index (χ1n) is 3.23. The smallest absolute Gasteiger partial charge is 0.231 e. The second-order valence-corrected chi connectivity index (χ2v) is 2.31. The Morgan fingerprint density at radius 3 is 3.00 bits per heavy atom. The Balaban J connectivity index is 2.59. The lowest BCUT2D eigenvalue weighted by atomic mass is 10.2. The second kappa shape index (κ2) is 1.90. The largest absolute Gasteiger partial charge is 0.454 e. The van der Waals surface area contributed by atoms with Gasteiger partial charge in [0.1, 0.15) is 0 Å². The molecule has 0 saturated carbocycles. The molecule has 0 radical (unpaired) electrons. The van der Waals surface area contributed by atoms with Crippen LogP contribution in [-0.4, -0.2) is 6.79 Å². The monoisotopic (exact) mass is 136 g/mol. The van der Waals surface area contributed by atoms with Crippen LogP contribution in [0.3, 0.4) is 0 Å². The van der Waals surface area contributed by atoms with Crippen molar-refractivity contribution in [3.63, 3.8) is 0 Å². The van der Waals surface area contributed by atoms with Crippen LogP contribution in [0.15, 0.2) is 18.2 Å². The van der Waals surface area contributed by atoms with Crippen molar-refractivity contribution in [1.82, 2.24) is 0 Å². The van der Waals surface area contributed by atoms with Gasteiger partial charge in [-0.05, 0) is 18.6 Å². The summed E-state index contributed by atoms with van der Waals surface area (Å²) in [4.78, 5) is 0. The molecule has 0 bridgehead atoms. The van der Waals surface area contributed by atoms with E-state index in [1.54, 1.807) is 0 Å². The summed E-state index contributed by atoms with van der Waals surface area (Å²) in [5.74, 6) is 1.75. The lowest BCUT2D eigenvalue weighted by Gasteiger charge is -1.96. The molecule has 1 aromatic rings. The van der Waals surface area contributed by atoms with E-state index < -0.39 is 0 Å². The summed E-state index contributed by atoms with van der Waals surface area (Å²) in [6.45, 7) is 2.37. The van der Waals surface area contributed by atoms with Gasteiger partial charge in [0.15, 0.2) is 11.5 Å². The van der Waals surface area contributed by atoms with Crippen LogP contribution in [0.2, 0.25) is 0 Å². The van der Waals surface area contributed by atoms with Gasteiger partial charge in [-0.3, -0.25) is 0 Å². The number of rotatable bonds is 0. The van der Waals surface area contributed by atoms with Gasteiger partial charge in [-0.1, -0.05) is 12.1 Å². The Kier molecular flexibility index (Phi) is 1.07. The summed E-state index contributed by atoms with van der Waals surface area (Å²) in [6.07, 6.45) is 0. The number of aryl methyl sites for hydroxylation is 1. The van der Waals surface area contributed by atoms with Gasteiger partial charge >= 0.3 is 0 Å². The van der Waals surface area contributed by atoms with Crippen LogP contribution in [-0.2, 0) is 0 Å². The predicted octanol–water partition coefficient (Wildman–Crippen LogP) is 1.72. The summed E-state index contributed by atoms with van der Waals surface area (Å²) in [6, 6.07) is 5.88. The van der Waals surface area contributed by atoms with Crippen LogP contribution in [0, 0.1) is 6.92 Å². The number of para-hydroxylation sites is 1. The highest BCUT2D eigenvalue weighted by atomic mass is 16.7. The standard InChI is InChI=1S/C8H8O2/c1-6-3-2-4-7-8(6)10-5-9-7/h2-4H,5H2,1H3. The van der Waals surface area contributed by atoms with Crippen molar-refractivity contribution in [2.75, 3.05) is 6.79 Å². The van der Waals surface area contributed by atoms with E-state index in [0.29, 0.717) is 6.79 Å². The normalized spacial score (nSPS) is 13.7. The van der Waals surface area contributed by atoms with Crippen molar-refractivity contribution >= 4 is 0 Å². The van der Waals surface area contributed by atoms with Gasteiger partial charge in [-0.15, -0.1) is 0 Å². The first-order chi connectivity index (χ1) is 4.88. The molecule has 1 aliphatic rings. The van der Waals surface area contributed by atoms with Gasteiger partial charge in [0.2, 0.25) is 6.79 Å². The maximum atomic E-state index is 5.21. The molecule has 0 amide bonds. The first kappa shape index (κ1) is 5.59. The number of fused-ring (bicyclic) bond motifs is 1. The maximum Gasteiger partial charge on any atom is 0.231 e. The summed E-state index contributed by atoms with van der Waals surface area (Å²) < 4.78 is 10.4. The molecule has 1 aromatic carbocycles. The van der Waals surface area contributed by atoms with Gasteiger partial charge in [-0.25, -0.2) is 0 Å². The molecule has 0 unspecified atom stereocenters. The van der Waals surface area contributed by atoms with Gasteiger partial charge in [0, 0.05) is 0 Å². The van der Waals surface area contributed by atoms with E-state index in [1.165, 1.54) is 0 Å². The highest BCUT2D eigenvalue weighted by molar-refractivity contribution is 5.47. The third-order valence-corrected chi connectivity index (χ3v) is 1.59. The van der Waals surface area contributed by atoms with Crippen LogP contribution in [0.1, 0.15) is 5.56 Å². The van der Waals surface area contributed by atoms with E-state index in [4.69, 9.17) is 9.47 Å². The topological polar surface area (TPSA) is 18.5 Å². The molecule has 2 nitrogen and oxygen atoms in total. The summed E-state index contributed by atoms with van der Waals surface area (Å²) in [7, 11) is 0. The third kappa shape index (κ3) is 0.652. The SMILES string of the molecule is Cc1cccc2c1OCO2. The summed E-state index contributed by atoms with van der Waals surface area (Å²) in [5.41, 5.74) is 1.13. The number of benzene rings is 1.